The lowest BCUT2D eigenvalue weighted by molar-refractivity contribution is 1.07. The smallest absolute Gasteiger partial charge is 0.208 e. The molecule has 0 aliphatic carbocycles. The summed E-state index contributed by atoms with van der Waals surface area (Å²) in [5.74, 6) is 1.14. The van der Waals surface area contributed by atoms with Crippen molar-refractivity contribution < 1.29 is 0 Å². The van der Waals surface area contributed by atoms with Crippen LogP contribution in [0.3, 0.4) is 0 Å². The summed E-state index contributed by atoms with van der Waals surface area (Å²) in [6.45, 7) is 0. The van der Waals surface area contributed by atoms with Crippen molar-refractivity contribution >= 4 is 43.9 Å². The zero-order chi connectivity index (χ0) is 20.8. The van der Waals surface area contributed by atoms with Gasteiger partial charge in [-0.25, -0.2) is 4.98 Å². The van der Waals surface area contributed by atoms with Gasteiger partial charge in [0.25, 0.3) is 0 Å². The molecule has 3 nitrogen and oxygen atoms in total. The molecule has 0 aliphatic heterocycles. The molecule has 0 amide bonds. The number of benzene rings is 5. The van der Waals surface area contributed by atoms with Crippen molar-refractivity contribution in [1.82, 2.24) is 15.0 Å². The van der Waals surface area contributed by atoms with E-state index in [1.807, 2.05) is 30.3 Å². The van der Waals surface area contributed by atoms with Gasteiger partial charge in [-0.3, -0.25) is 0 Å². The molecular formula is C27H16ClN3. The molecule has 0 aliphatic rings. The minimum Gasteiger partial charge on any atom is -0.208 e. The van der Waals surface area contributed by atoms with Crippen LogP contribution in [-0.2, 0) is 0 Å². The van der Waals surface area contributed by atoms with E-state index in [4.69, 9.17) is 16.6 Å². The topological polar surface area (TPSA) is 38.7 Å². The maximum absolute atomic E-state index is 6.38. The van der Waals surface area contributed by atoms with Crippen LogP contribution < -0.4 is 0 Å². The Bertz CT molecular complexity index is 1610. The number of hydrogen-bond acceptors (Lipinski definition) is 3. The highest BCUT2D eigenvalue weighted by molar-refractivity contribution is 6.28. The van der Waals surface area contributed by atoms with Crippen LogP contribution in [0, 0.1) is 0 Å². The fourth-order valence-electron chi connectivity index (χ4n) is 4.17. The predicted octanol–water partition coefficient (Wildman–Crippen LogP) is 7.32. The van der Waals surface area contributed by atoms with Gasteiger partial charge in [0.05, 0.1) is 0 Å². The van der Waals surface area contributed by atoms with Crippen LogP contribution >= 0.6 is 11.6 Å². The Morgan fingerprint density at radius 2 is 1.19 bits per heavy atom. The summed E-state index contributed by atoms with van der Waals surface area (Å²) in [5, 5.41) is 7.09. The molecule has 0 N–H and O–H groups in total. The molecule has 0 bridgehead atoms. The van der Waals surface area contributed by atoms with Gasteiger partial charge < -0.3 is 0 Å². The van der Waals surface area contributed by atoms with E-state index in [0.717, 1.165) is 27.3 Å². The summed E-state index contributed by atoms with van der Waals surface area (Å²) < 4.78 is 0. The lowest BCUT2D eigenvalue weighted by atomic mass is 9.97. The van der Waals surface area contributed by atoms with Crippen molar-refractivity contribution in [3.05, 3.63) is 102 Å². The number of hydrogen-bond donors (Lipinski definition) is 0. The zero-order valence-corrected chi connectivity index (χ0v) is 17.2. The van der Waals surface area contributed by atoms with Gasteiger partial charge in [-0.1, -0.05) is 91.0 Å². The SMILES string of the molecule is Clc1nc(-c2ccc3ccccc3c2)nc(-c2cccc3ccc4ccccc4c23)n1. The summed E-state index contributed by atoms with van der Waals surface area (Å²) in [7, 11) is 0. The molecule has 1 heterocycles. The quantitative estimate of drug-likeness (QED) is 0.277. The highest BCUT2D eigenvalue weighted by Crippen LogP contribution is 2.34. The summed E-state index contributed by atoms with van der Waals surface area (Å²) in [5.41, 5.74) is 1.86. The molecule has 146 valence electrons. The fourth-order valence-corrected chi connectivity index (χ4v) is 4.33. The second kappa shape index (κ2) is 7.15. The third-order valence-electron chi connectivity index (χ3n) is 5.63. The molecule has 0 spiro atoms. The Labute approximate surface area is 184 Å². The molecular weight excluding hydrogens is 402 g/mol. The maximum atomic E-state index is 6.38. The van der Waals surface area contributed by atoms with Crippen molar-refractivity contribution in [3.8, 4) is 22.8 Å². The fraction of sp³-hybridized carbons (Fsp3) is 0. The second-order valence-corrected chi connectivity index (χ2v) is 7.84. The van der Waals surface area contributed by atoms with Gasteiger partial charge in [-0.2, -0.15) is 9.97 Å². The Morgan fingerprint density at radius 3 is 2.10 bits per heavy atom. The van der Waals surface area contributed by atoms with E-state index in [2.05, 4.69) is 76.7 Å². The third-order valence-corrected chi connectivity index (χ3v) is 5.79. The van der Waals surface area contributed by atoms with E-state index in [-0.39, 0.29) is 5.28 Å². The van der Waals surface area contributed by atoms with E-state index in [9.17, 15) is 0 Å². The van der Waals surface area contributed by atoms with Gasteiger partial charge in [0.1, 0.15) is 0 Å². The van der Waals surface area contributed by atoms with Crippen LogP contribution in [0.2, 0.25) is 5.28 Å². The van der Waals surface area contributed by atoms with Gasteiger partial charge >= 0.3 is 0 Å². The number of halogens is 1. The van der Waals surface area contributed by atoms with Crippen molar-refractivity contribution in [3.63, 3.8) is 0 Å². The summed E-state index contributed by atoms with van der Waals surface area (Å²) in [4.78, 5) is 13.7. The first-order chi connectivity index (χ1) is 15.3. The van der Waals surface area contributed by atoms with Gasteiger partial charge in [0.15, 0.2) is 11.6 Å². The molecule has 1 aromatic heterocycles. The minimum atomic E-state index is 0.186. The van der Waals surface area contributed by atoms with Gasteiger partial charge in [-0.15, -0.1) is 0 Å². The summed E-state index contributed by atoms with van der Waals surface area (Å²) in [6.07, 6.45) is 0. The van der Waals surface area contributed by atoms with Crippen LogP contribution in [0.15, 0.2) is 97.1 Å². The van der Waals surface area contributed by atoms with E-state index in [0.29, 0.717) is 11.6 Å². The molecule has 0 saturated heterocycles. The predicted molar refractivity (Wildman–Crippen MR) is 128 cm³/mol. The van der Waals surface area contributed by atoms with Crippen molar-refractivity contribution in [1.29, 1.82) is 0 Å². The van der Waals surface area contributed by atoms with E-state index >= 15 is 0 Å². The second-order valence-electron chi connectivity index (χ2n) is 7.50. The van der Waals surface area contributed by atoms with Crippen LogP contribution in [0.4, 0.5) is 0 Å². The van der Waals surface area contributed by atoms with Crippen LogP contribution in [0.1, 0.15) is 0 Å². The van der Waals surface area contributed by atoms with Crippen LogP contribution in [-0.4, -0.2) is 15.0 Å². The van der Waals surface area contributed by atoms with Crippen molar-refractivity contribution in [2.45, 2.75) is 0 Å². The number of nitrogens with zero attached hydrogens (tertiary/aromatic N) is 3. The summed E-state index contributed by atoms with van der Waals surface area (Å²) >= 11 is 6.38. The summed E-state index contributed by atoms with van der Waals surface area (Å²) in [6, 6.07) is 33.2. The molecule has 31 heavy (non-hydrogen) atoms. The first-order valence-electron chi connectivity index (χ1n) is 10.1. The highest BCUT2D eigenvalue weighted by atomic mass is 35.5. The van der Waals surface area contributed by atoms with Crippen molar-refractivity contribution in [2.75, 3.05) is 0 Å². The van der Waals surface area contributed by atoms with Gasteiger partial charge in [0, 0.05) is 16.5 Å². The van der Waals surface area contributed by atoms with E-state index in [1.165, 1.54) is 16.2 Å². The Kier molecular flexibility index (Phi) is 4.15. The third kappa shape index (κ3) is 3.11. The average molecular weight is 418 g/mol. The lowest BCUT2D eigenvalue weighted by Gasteiger charge is -2.11. The Morgan fingerprint density at radius 1 is 0.516 bits per heavy atom. The molecule has 0 saturated carbocycles. The lowest BCUT2D eigenvalue weighted by Crippen LogP contribution is -1.98. The molecule has 6 aromatic rings. The first kappa shape index (κ1) is 18.0. The van der Waals surface area contributed by atoms with Gasteiger partial charge in [0.2, 0.25) is 5.28 Å². The Balaban J connectivity index is 1.60. The van der Waals surface area contributed by atoms with E-state index < -0.39 is 0 Å². The largest absolute Gasteiger partial charge is 0.226 e. The maximum Gasteiger partial charge on any atom is 0.226 e. The monoisotopic (exact) mass is 417 g/mol. The number of aromatic nitrogens is 3. The highest BCUT2D eigenvalue weighted by Gasteiger charge is 2.14. The molecule has 0 unspecified atom stereocenters. The average Bonchev–Trinajstić information content (AvgIpc) is 2.83. The van der Waals surface area contributed by atoms with Gasteiger partial charge in [-0.05, 0) is 44.6 Å². The molecule has 0 fully saturated rings. The molecule has 6 rings (SSSR count). The van der Waals surface area contributed by atoms with E-state index in [1.54, 1.807) is 0 Å². The van der Waals surface area contributed by atoms with Crippen molar-refractivity contribution in [2.24, 2.45) is 0 Å². The normalized spacial score (nSPS) is 11.4. The number of fused-ring (bicyclic) bond motifs is 4. The first-order valence-corrected chi connectivity index (χ1v) is 10.5. The van der Waals surface area contributed by atoms with Crippen LogP contribution in [0.5, 0.6) is 0 Å². The number of rotatable bonds is 2. The van der Waals surface area contributed by atoms with Crippen LogP contribution in [0.25, 0.3) is 55.1 Å². The molecule has 5 aromatic carbocycles. The zero-order valence-electron chi connectivity index (χ0n) is 16.5. The Hall–Kier alpha value is -3.82. The molecule has 4 heteroatoms. The minimum absolute atomic E-state index is 0.186. The molecule has 0 atom stereocenters. The molecule has 0 radical (unpaired) electrons. The standard InChI is InChI=1S/C27H16ClN3/c28-27-30-25(21-15-12-17-6-1-2-8-20(17)16-21)29-26(31-27)23-11-5-9-19-14-13-18-7-3-4-10-22(18)24(19)23/h1-16H.